The molecule has 2 amide bonds. The summed E-state index contributed by atoms with van der Waals surface area (Å²) in [5.74, 6) is -0.426. The maximum atomic E-state index is 12.3. The van der Waals surface area contributed by atoms with Crippen molar-refractivity contribution < 1.29 is 14.3 Å². The largest absolute Gasteiger partial charge is 0.383 e. The number of benzene rings is 2. The fourth-order valence-electron chi connectivity index (χ4n) is 3.04. The van der Waals surface area contributed by atoms with Gasteiger partial charge in [0.25, 0.3) is 11.8 Å². The molecule has 0 atom stereocenters. The van der Waals surface area contributed by atoms with Crippen LogP contribution in [0.5, 0.6) is 0 Å². The number of ether oxygens (including phenoxy) is 1. The molecule has 2 aromatic rings. The van der Waals surface area contributed by atoms with Gasteiger partial charge >= 0.3 is 0 Å². The maximum Gasteiger partial charge on any atom is 0.261 e. The molecule has 2 aliphatic rings. The van der Waals surface area contributed by atoms with Crippen LogP contribution in [0.25, 0.3) is 0 Å². The molecule has 4 rings (SSSR count). The van der Waals surface area contributed by atoms with E-state index in [4.69, 9.17) is 4.74 Å². The van der Waals surface area contributed by atoms with E-state index >= 15 is 0 Å². The topological polar surface area (TPSA) is 58.6 Å². The van der Waals surface area contributed by atoms with E-state index in [1.807, 2.05) is 12.1 Å². The molecule has 2 aromatic carbocycles. The Labute approximate surface area is 133 Å². The van der Waals surface area contributed by atoms with Gasteiger partial charge in [-0.3, -0.25) is 14.5 Å². The van der Waals surface area contributed by atoms with E-state index in [-0.39, 0.29) is 11.8 Å². The monoisotopic (exact) mass is 308 g/mol. The molecule has 0 aliphatic carbocycles. The average Bonchev–Trinajstić information content (AvgIpc) is 3.13. The van der Waals surface area contributed by atoms with Crippen LogP contribution in [0.4, 0.5) is 5.69 Å². The Kier molecular flexibility index (Phi) is 3.35. The molecule has 23 heavy (non-hydrogen) atoms. The summed E-state index contributed by atoms with van der Waals surface area (Å²) in [5, 5.41) is 3.27. The van der Waals surface area contributed by atoms with Crippen LogP contribution in [0.2, 0.25) is 0 Å². The number of hydrogen-bond acceptors (Lipinski definition) is 4. The lowest BCUT2D eigenvalue weighted by Crippen LogP contribution is -2.34. The molecule has 5 heteroatoms. The normalized spacial score (nSPS) is 15.7. The van der Waals surface area contributed by atoms with Gasteiger partial charge in [0.05, 0.1) is 24.3 Å². The zero-order valence-corrected chi connectivity index (χ0v) is 12.5. The average molecular weight is 308 g/mol. The molecule has 0 spiro atoms. The Hall–Kier alpha value is -2.66. The van der Waals surface area contributed by atoms with E-state index in [0.717, 1.165) is 5.69 Å². The quantitative estimate of drug-likeness (QED) is 0.881. The molecular weight excluding hydrogens is 292 g/mol. The summed E-state index contributed by atoms with van der Waals surface area (Å²) < 4.78 is 5.39. The van der Waals surface area contributed by atoms with Crippen LogP contribution in [0.1, 0.15) is 31.8 Å². The summed E-state index contributed by atoms with van der Waals surface area (Å²) in [6.07, 6.45) is 0. The van der Waals surface area contributed by atoms with Crippen molar-refractivity contribution >= 4 is 17.5 Å². The Morgan fingerprint density at radius 1 is 0.957 bits per heavy atom. The number of imide groups is 1. The van der Waals surface area contributed by atoms with Gasteiger partial charge < -0.3 is 10.1 Å². The molecule has 0 radical (unpaired) electrons. The molecular formula is C18H16N2O3. The van der Waals surface area contributed by atoms with Crippen molar-refractivity contribution in [3.63, 3.8) is 0 Å². The number of anilines is 1. The first-order chi connectivity index (χ1) is 11.2. The van der Waals surface area contributed by atoms with Crippen molar-refractivity contribution in [3.8, 4) is 0 Å². The van der Waals surface area contributed by atoms with Gasteiger partial charge in [0.2, 0.25) is 0 Å². The predicted octanol–water partition coefficient (Wildman–Crippen LogP) is 2.42. The number of amides is 2. The van der Waals surface area contributed by atoms with E-state index in [1.165, 1.54) is 16.0 Å². The van der Waals surface area contributed by atoms with Gasteiger partial charge in [0, 0.05) is 18.8 Å². The SMILES string of the molecule is O=C1c2ccccc2C(=O)N1CCNc1ccc2c(c1)COC2. The molecule has 0 unspecified atom stereocenters. The Balaban J connectivity index is 1.41. The summed E-state index contributed by atoms with van der Waals surface area (Å²) in [7, 11) is 0. The fraction of sp³-hybridized carbons (Fsp3) is 0.222. The minimum absolute atomic E-state index is 0.213. The first-order valence-electron chi connectivity index (χ1n) is 7.63. The van der Waals surface area contributed by atoms with E-state index < -0.39 is 0 Å². The first-order valence-corrected chi connectivity index (χ1v) is 7.63. The van der Waals surface area contributed by atoms with Crippen LogP contribution < -0.4 is 5.32 Å². The van der Waals surface area contributed by atoms with Crippen LogP contribution in [-0.4, -0.2) is 29.8 Å². The van der Waals surface area contributed by atoms with Crippen molar-refractivity contribution in [2.24, 2.45) is 0 Å². The summed E-state index contributed by atoms with van der Waals surface area (Å²) in [4.78, 5) is 25.8. The van der Waals surface area contributed by atoms with Crippen LogP contribution in [-0.2, 0) is 18.0 Å². The maximum absolute atomic E-state index is 12.3. The van der Waals surface area contributed by atoms with E-state index in [2.05, 4.69) is 11.4 Å². The number of nitrogens with zero attached hydrogens (tertiary/aromatic N) is 1. The van der Waals surface area contributed by atoms with Gasteiger partial charge in [0.1, 0.15) is 0 Å². The van der Waals surface area contributed by atoms with Crippen molar-refractivity contribution in [2.75, 3.05) is 18.4 Å². The van der Waals surface area contributed by atoms with E-state index in [9.17, 15) is 9.59 Å². The second kappa shape index (κ2) is 5.52. The van der Waals surface area contributed by atoms with Gasteiger partial charge in [-0.2, -0.15) is 0 Å². The summed E-state index contributed by atoms with van der Waals surface area (Å²) in [6.45, 7) is 2.18. The Bertz CT molecular complexity index is 766. The van der Waals surface area contributed by atoms with Crippen LogP contribution in [0.3, 0.4) is 0 Å². The summed E-state index contributed by atoms with van der Waals surface area (Å²) in [6, 6.07) is 13.1. The van der Waals surface area contributed by atoms with E-state index in [0.29, 0.717) is 37.4 Å². The third-order valence-electron chi connectivity index (χ3n) is 4.26. The molecule has 116 valence electrons. The third-order valence-corrected chi connectivity index (χ3v) is 4.26. The highest BCUT2D eigenvalue weighted by Gasteiger charge is 2.34. The minimum Gasteiger partial charge on any atom is -0.383 e. The molecule has 2 aliphatic heterocycles. The fourth-order valence-corrected chi connectivity index (χ4v) is 3.04. The number of fused-ring (bicyclic) bond motifs is 2. The standard InChI is InChI=1S/C18H16N2O3/c21-17-15-3-1-2-4-16(15)18(22)20(17)8-7-19-14-6-5-12-10-23-11-13(12)9-14/h1-6,9,19H,7-8,10-11H2. The minimum atomic E-state index is -0.213. The summed E-state index contributed by atoms with van der Waals surface area (Å²) in [5.41, 5.74) is 4.37. The van der Waals surface area contributed by atoms with Crippen LogP contribution >= 0.6 is 0 Å². The number of carbonyl (C=O) groups excluding carboxylic acids is 2. The zero-order valence-electron chi connectivity index (χ0n) is 12.5. The van der Waals surface area contributed by atoms with Gasteiger partial charge in [-0.1, -0.05) is 18.2 Å². The van der Waals surface area contributed by atoms with Crippen molar-refractivity contribution in [2.45, 2.75) is 13.2 Å². The molecule has 2 heterocycles. The molecule has 0 fully saturated rings. The molecule has 0 bridgehead atoms. The van der Waals surface area contributed by atoms with Crippen LogP contribution in [0.15, 0.2) is 42.5 Å². The Morgan fingerprint density at radius 3 is 2.39 bits per heavy atom. The third kappa shape index (κ3) is 2.39. The number of rotatable bonds is 4. The van der Waals surface area contributed by atoms with Gasteiger partial charge in [-0.05, 0) is 35.4 Å². The van der Waals surface area contributed by atoms with Gasteiger partial charge in [0.15, 0.2) is 0 Å². The highest BCUT2D eigenvalue weighted by molar-refractivity contribution is 6.21. The smallest absolute Gasteiger partial charge is 0.261 e. The molecule has 0 saturated heterocycles. The number of hydrogen-bond donors (Lipinski definition) is 1. The van der Waals surface area contributed by atoms with Crippen molar-refractivity contribution in [1.82, 2.24) is 4.90 Å². The van der Waals surface area contributed by atoms with Crippen molar-refractivity contribution in [3.05, 3.63) is 64.7 Å². The second-order valence-corrected chi connectivity index (χ2v) is 5.71. The zero-order chi connectivity index (χ0) is 15.8. The second-order valence-electron chi connectivity index (χ2n) is 5.71. The van der Waals surface area contributed by atoms with Crippen LogP contribution in [0, 0.1) is 0 Å². The van der Waals surface area contributed by atoms with Gasteiger partial charge in [-0.15, -0.1) is 0 Å². The lowest BCUT2D eigenvalue weighted by atomic mass is 10.1. The Morgan fingerprint density at radius 2 is 1.65 bits per heavy atom. The summed E-state index contributed by atoms with van der Waals surface area (Å²) >= 11 is 0. The molecule has 5 nitrogen and oxygen atoms in total. The van der Waals surface area contributed by atoms with E-state index in [1.54, 1.807) is 24.3 Å². The number of nitrogens with one attached hydrogen (secondary N) is 1. The van der Waals surface area contributed by atoms with Gasteiger partial charge in [-0.25, -0.2) is 0 Å². The molecule has 0 saturated carbocycles. The molecule has 1 N–H and O–H groups in total. The first kappa shape index (κ1) is 14.0. The predicted molar refractivity (Wildman–Crippen MR) is 85.2 cm³/mol. The highest BCUT2D eigenvalue weighted by atomic mass is 16.5. The number of carbonyl (C=O) groups is 2. The lowest BCUT2D eigenvalue weighted by Gasteiger charge is -2.15. The molecule has 0 aromatic heterocycles. The lowest BCUT2D eigenvalue weighted by molar-refractivity contribution is 0.0660. The van der Waals surface area contributed by atoms with Crippen molar-refractivity contribution in [1.29, 1.82) is 0 Å². The highest BCUT2D eigenvalue weighted by Crippen LogP contribution is 2.24.